The Hall–Kier alpha value is -1.18. The molecule has 1 aromatic heterocycles. The van der Waals surface area contributed by atoms with Crippen LogP contribution in [0.4, 0.5) is 0 Å². The number of aromatic nitrogens is 2. The molecule has 0 aliphatic carbocycles. The van der Waals surface area contributed by atoms with Gasteiger partial charge in [-0.3, -0.25) is 14.3 Å². The minimum Gasteiger partial charge on any atom is -0.388 e. The molecule has 1 aliphatic rings. The molecule has 4 atom stereocenters. The third-order valence-electron chi connectivity index (χ3n) is 4.29. The number of nitrogens with zero attached hydrogens (tertiary/aromatic N) is 1. The molecule has 9 heteroatoms. The van der Waals surface area contributed by atoms with E-state index in [-0.39, 0.29) is 0 Å². The molecule has 0 saturated carbocycles. The molecule has 0 aromatic carbocycles. The van der Waals surface area contributed by atoms with Gasteiger partial charge in [0.2, 0.25) is 0 Å². The average molecular weight is 373 g/mol. The number of nitrogens with one attached hydrogen (secondary N) is 2. The van der Waals surface area contributed by atoms with Crippen molar-refractivity contribution in [3.63, 3.8) is 0 Å². The molecule has 142 valence electrons. The molecule has 0 bridgehead atoms. The van der Waals surface area contributed by atoms with Gasteiger partial charge in [-0.05, 0) is 33.0 Å². The lowest BCUT2D eigenvalue weighted by molar-refractivity contribution is -0.0542. The van der Waals surface area contributed by atoms with Crippen molar-refractivity contribution < 1.29 is 14.6 Å². The van der Waals surface area contributed by atoms with Crippen LogP contribution in [0.5, 0.6) is 0 Å². The van der Waals surface area contributed by atoms with E-state index in [4.69, 9.17) is 9.47 Å². The highest BCUT2D eigenvalue weighted by Crippen LogP contribution is 2.39. The number of hydrogen-bond donors (Lipinski definition) is 3. The third-order valence-corrected chi connectivity index (χ3v) is 5.76. The smallest absolute Gasteiger partial charge is 0.330 e. The summed E-state index contributed by atoms with van der Waals surface area (Å²) in [5.74, 6) is 0. The highest BCUT2D eigenvalue weighted by atomic mass is 31.2. The molecule has 0 radical (unpaired) electrons. The molecule has 1 saturated heterocycles. The van der Waals surface area contributed by atoms with Crippen LogP contribution in [0.1, 0.15) is 18.2 Å². The average Bonchev–Trinajstić information content (AvgIpc) is 2.83. The maximum atomic E-state index is 12.2. The summed E-state index contributed by atoms with van der Waals surface area (Å²) in [4.78, 5) is 26.4. The van der Waals surface area contributed by atoms with Gasteiger partial charge in [0.15, 0.2) is 6.23 Å². The zero-order valence-corrected chi connectivity index (χ0v) is 16.1. The van der Waals surface area contributed by atoms with Crippen LogP contribution >= 0.6 is 6.89 Å². The predicted molar refractivity (Wildman–Crippen MR) is 100 cm³/mol. The first-order chi connectivity index (χ1) is 11.7. The zero-order chi connectivity index (χ0) is 18.8. The first-order valence-electron chi connectivity index (χ1n) is 8.20. The molecule has 1 fully saturated rings. The standard InChI is InChI=1S/C16H28N3O5P/c1-17-8-10-9-19(16(22)18-14(10)21)15-13(23-2)12(20)11(24-15)6-7-25(3,4)5/h9,11-13,15,17,20H,3,6-8H2,1-2,4-5H3,(H,18,21,22)/t11-,12-,13-,15?/m1/s1. The fourth-order valence-corrected chi connectivity index (χ4v) is 3.90. The molecule has 0 amide bonds. The van der Waals surface area contributed by atoms with Crippen LogP contribution in [0, 0.1) is 0 Å². The second-order valence-corrected chi connectivity index (χ2v) is 11.4. The molecule has 1 aliphatic heterocycles. The summed E-state index contributed by atoms with van der Waals surface area (Å²) in [6, 6.07) is 0. The topological polar surface area (TPSA) is 106 Å². The van der Waals surface area contributed by atoms with Gasteiger partial charge in [0.25, 0.3) is 5.56 Å². The van der Waals surface area contributed by atoms with Gasteiger partial charge in [-0.2, -0.15) is 0 Å². The Morgan fingerprint density at radius 3 is 2.72 bits per heavy atom. The Bertz CT molecular complexity index is 753. The van der Waals surface area contributed by atoms with Crippen molar-refractivity contribution in [1.29, 1.82) is 0 Å². The molecule has 3 N–H and O–H groups in total. The Balaban J connectivity index is 2.31. The summed E-state index contributed by atoms with van der Waals surface area (Å²) in [6.07, 6.45) is 4.35. The van der Waals surface area contributed by atoms with Gasteiger partial charge in [0.1, 0.15) is 12.2 Å². The first kappa shape index (κ1) is 20.1. The van der Waals surface area contributed by atoms with Gasteiger partial charge >= 0.3 is 5.69 Å². The molecule has 1 unspecified atom stereocenters. The third kappa shape index (κ3) is 4.71. The summed E-state index contributed by atoms with van der Waals surface area (Å²) in [5, 5.41) is 13.4. The molecule has 8 nitrogen and oxygen atoms in total. The van der Waals surface area contributed by atoms with E-state index >= 15 is 0 Å². The lowest BCUT2D eigenvalue weighted by Gasteiger charge is -2.20. The number of methoxy groups -OCH3 is 1. The highest BCUT2D eigenvalue weighted by Gasteiger charge is 2.45. The number of ether oxygens (including phenoxy) is 2. The normalized spacial score (nSPS) is 26.9. The van der Waals surface area contributed by atoms with Crippen LogP contribution in [0.3, 0.4) is 0 Å². The van der Waals surface area contributed by atoms with E-state index in [1.165, 1.54) is 17.9 Å². The van der Waals surface area contributed by atoms with E-state index in [1.807, 2.05) is 0 Å². The van der Waals surface area contributed by atoms with Gasteiger partial charge in [-0.1, -0.05) is 0 Å². The fourth-order valence-electron chi connectivity index (χ4n) is 2.94. The summed E-state index contributed by atoms with van der Waals surface area (Å²) >= 11 is 0. The maximum Gasteiger partial charge on any atom is 0.330 e. The van der Waals surface area contributed by atoms with Crippen molar-refractivity contribution >= 4 is 13.2 Å². The summed E-state index contributed by atoms with van der Waals surface area (Å²) in [6.45, 7) is 3.30. The number of aliphatic hydroxyl groups excluding tert-OH is 1. The molecular weight excluding hydrogens is 345 g/mol. The Morgan fingerprint density at radius 1 is 1.48 bits per heavy atom. The number of H-pyrrole nitrogens is 1. The second kappa shape index (κ2) is 8.01. The largest absolute Gasteiger partial charge is 0.388 e. The summed E-state index contributed by atoms with van der Waals surface area (Å²) < 4.78 is 12.6. The number of aromatic amines is 1. The number of rotatable bonds is 7. The van der Waals surface area contributed by atoms with E-state index in [0.717, 1.165) is 6.16 Å². The summed E-state index contributed by atoms with van der Waals surface area (Å²) in [5.41, 5.74) is -0.624. The van der Waals surface area contributed by atoms with Crippen LogP contribution in [0.2, 0.25) is 0 Å². The summed E-state index contributed by atoms with van der Waals surface area (Å²) in [7, 11) is 3.18. The quantitative estimate of drug-likeness (QED) is 0.563. The molecule has 25 heavy (non-hydrogen) atoms. The predicted octanol–water partition coefficient (Wildman–Crippen LogP) is -0.371. The van der Waals surface area contributed by atoms with Crippen molar-refractivity contribution in [2.75, 3.05) is 33.6 Å². The molecule has 2 rings (SSSR count). The van der Waals surface area contributed by atoms with E-state index in [0.29, 0.717) is 18.5 Å². The SMILES string of the molecule is C=P(C)(C)CC[C@H]1OC(n2cc(CNC)c(=O)[nH]c2=O)[C@H](OC)[C@@H]1O. The Labute approximate surface area is 147 Å². The Kier molecular flexibility index (Phi) is 6.45. The van der Waals surface area contributed by atoms with E-state index in [2.05, 4.69) is 29.9 Å². The van der Waals surface area contributed by atoms with Crippen LogP contribution in [-0.2, 0) is 16.0 Å². The van der Waals surface area contributed by atoms with Gasteiger partial charge in [0, 0.05) is 25.4 Å². The fraction of sp³-hybridized carbons (Fsp3) is 0.688. The van der Waals surface area contributed by atoms with Gasteiger partial charge in [-0.25, -0.2) is 4.79 Å². The van der Waals surface area contributed by atoms with Crippen LogP contribution in [0.25, 0.3) is 0 Å². The molecule has 0 spiro atoms. The van der Waals surface area contributed by atoms with Crippen LogP contribution < -0.4 is 16.6 Å². The molecule has 1 aromatic rings. The van der Waals surface area contributed by atoms with E-state index in [9.17, 15) is 14.7 Å². The van der Waals surface area contributed by atoms with Crippen molar-refractivity contribution in [3.05, 3.63) is 32.6 Å². The first-order valence-corrected chi connectivity index (χ1v) is 11.3. The zero-order valence-electron chi connectivity index (χ0n) is 15.2. The molecular formula is C16H28N3O5P. The van der Waals surface area contributed by atoms with Crippen molar-refractivity contribution in [3.8, 4) is 0 Å². The van der Waals surface area contributed by atoms with Crippen LogP contribution in [0.15, 0.2) is 15.8 Å². The lowest BCUT2D eigenvalue weighted by atomic mass is 10.1. The highest BCUT2D eigenvalue weighted by molar-refractivity contribution is 7.72. The number of hydrogen-bond acceptors (Lipinski definition) is 6. The number of aliphatic hydroxyl groups is 1. The van der Waals surface area contributed by atoms with E-state index in [1.54, 1.807) is 7.05 Å². The van der Waals surface area contributed by atoms with Gasteiger partial charge in [0.05, 0.1) is 6.10 Å². The van der Waals surface area contributed by atoms with Gasteiger partial charge < -0.3 is 19.9 Å². The van der Waals surface area contributed by atoms with Crippen LogP contribution in [-0.4, -0.2) is 72.9 Å². The van der Waals surface area contributed by atoms with Crippen molar-refractivity contribution in [2.45, 2.75) is 37.5 Å². The second-order valence-electron chi connectivity index (χ2n) is 7.06. The van der Waals surface area contributed by atoms with E-state index < -0.39 is 42.7 Å². The minimum atomic E-state index is -1.25. The maximum absolute atomic E-state index is 12.2. The van der Waals surface area contributed by atoms with Crippen molar-refractivity contribution in [2.24, 2.45) is 0 Å². The Morgan fingerprint density at radius 2 is 2.16 bits per heavy atom. The lowest BCUT2D eigenvalue weighted by Crippen LogP contribution is -2.40. The monoisotopic (exact) mass is 373 g/mol. The van der Waals surface area contributed by atoms with Crippen molar-refractivity contribution in [1.82, 2.24) is 14.9 Å². The molecule has 2 heterocycles. The van der Waals surface area contributed by atoms with Gasteiger partial charge in [-0.15, -0.1) is 13.2 Å². The minimum absolute atomic E-state index is 0.312.